The number of amides is 1. The largest absolute Gasteiger partial charge is 0.466 e. The van der Waals surface area contributed by atoms with Crippen molar-refractivity contribution in [3.63, 3.8) is 0 Å². The number of rotatable bonds is 2. The van der Waals surface area contributed by atoms with E-state index in [-0.39, 0.29) is 34.9 Å². The number of aryl methyl sites for hydroxylation is 1. The van der Waals surface area contributed by atoms with E-state index in [1.165, 1.54) is 12.0 Å². The lowest BCUT2D eigenvalue weighted by molar-refractivity contribution is -0.138. The Kier molecular flexibility index (Phi) is 5.44. The Hall–Kier alpha value is -3.39. The molecule has 2 aliphatic heterocycles. The Morgan fingerprint density at radius 2 is 1.78 bits per heavy atom. The number of ether oxygens (including phenoxy) is 1. The summed E-state index contributed by atoms with van der Waals surface area (Å²) in [6.45, 7) is 6.00. The molecule has 0 bridgehead atoms. The van der Waals surface area contributed by atoms with Gasteiger partial charge in [0.2, 0.25) is 5.91 Å². The molecule has 1 aliphatic carbocycles. The SMILES string of the molecule is COC(=O)C1=C(N)N(c2ccc(Br)cc2C)C2=C(C(=O)CC(C)(C)C2)C12C(=O)N(C)c1ccccc12. The highest BCUT2D eigenvalue weighted by atomic mass is 79.9. The second kappa shape index (κ2) is 8.06. The lowest BCUT2D eigenvalue weighted by atomic mass is 9.60. The Morgan fingerprint density at radius 3 is 2.44 bits per heavy atom. The van der Waals surface area contributed by atoms with Gasteiger partial charge in [-0.3, -0.25) is 14.5 Å². The summed E-state index contributed by atoms with van der Waals surface area (Å²) in [4.78, 5) is 45.1. The van der Waals surface area contributed by atoms with Crippen LogP contribution in [0.1, 0.15) is 37.8 Å². The number of para-hydroxylation sites is 1. The maximum atomic E-state index is 14.2. The zero-order chi connectivity index (χ0) is 26.2. The zero-order valence-corrected chi connectivity index (χ0v) is 22.5. The molecule has 7 nitrogen and oxygen atoms in total. The average Bonchev–Trinajstić information content (AvgIpc) is 3.02. The molecule has 2 N–H and O–H groups in total. The number of ketones is 1. The molecule has 0 aromatic heterocycles. The van der Waals surface area contributed by atoms with Crippen molar-refractivity contribution in [1.29, 1.82) is 0 Å². The summed E-state index contributed by atoms with van der Waals surface area (Å²) in [5.41, 5.74) is 8.58. The van der Waals surface area contributed by atoms with Gasteiger partial charge in [0.1, 0.15) is 16.8 Å². The fraction of sp³-hybridized carbons (Fsp3) is 0.321. The number of nitrogens with zero attached hydrogens (tertiary/aromatic N) is 2. The third-order valence-corrected chi connectivity index (χ3v) is 7.95. The molecule has 3 aliphatic rings. The summed E-state index contributed by atoms with van der Waals surface area (Å²) in [5, 5.41) is 0. The number of methoxy groups -OCH3 is 1. The van der Waals surface area contributed by atoms with Gasteiger partial charge in [0.15, 0.2) is 5.78 Å². The van der Waals surface area contributed by atoms with Crippen LogP contribution in [0.3, 0.4) is 0 Å². The minimum absolute atomic E-state index is 0.0269. The summed E-state index contributed by atoms with van der Waals surface area (Å²) in [5.74, 6) is -1.21. The lowest BCUT2D eigenvalue weighted by Crippen LogP contribution is -2.55. The molecule has 1 unspecified atom stereocenters. The number of carbonyl (C=O) groups excluding carboxylic acids is 3. The van der Waals surface area contributed by atoms with Gasteiger partial charge in [0.25, 0.3) is 0 Å². The monoisotopic (exact) mass is 549 g/mol. The molecule has 2 aromatic rings. The molecule has 1 atom stereocenters. The zero-order valence-electron chi connectivity index (χ0n) is 20.9. The van der Waals surface area contributed by atoms with E-state index in [0.717, 1.165) is 15.7 Å². The number of halogens is 1. The van der Waals surface area contributed by atoms with E-state index in [0.29, 0.717) is 28.9 Å². The summed E-state index contributed by atoms with van der Waals surface area (Å²) >= 11 is 3.51. The number of hydrogen-bond donors (Lipinski definition) is 1. The van der Waals surface area contributed by atoms with E-state index in [1.807, 2.05) is 51.1 Å². The molecule has 2 heterocycles. The van der Waals surface area contributed by atoms with Crippen LogP contribution in [0.2, 0.25) is 0 Å². The number of carbonyl (C=O) groups is 3. The number of fused-ring (bicyclic) bond motifs is 3. The van der Waals surface area contributed by atoms with Crippen LogP contribution in [0.5, 0.6) is 0 Å². The van der Waals surface area contributed by atoms with E-state index in [9.17, 15) is 14.4 Å². The molecule has 0 fully saturated rings. The van der Waals surface area contributed by atoms with Gasteiger partial charge in [-0.25, -0.2) is 4.79 Å². The van der Waals surface area contributed by atoms with Crippen molar-refractivity contribution in [3.05, 3.63) is 80.7 Å². The molecule has 0 radical (unpaired) electrons. The van der Waals surface area contributed by atoms with Crippen LogP contribution in [0.4, 0.5) is 11.4 Å². The molecule has 0 saturated carbocycles. The van der Waals surface area contributed by atoms with E-state index in [4.69, 9.17) is 10.5 Å². The van der Waals surface area contributed by atoms with Crippen LogP contribution in [0.25, 0.3) is 0 Å². The van der Waals surface area contributed by atoms with Crippen molar-refractivity contribution in [2.24, 2.45) is 11.1 Å². The molecule has 5 rings (SSSR count). The summed E-state index contributed by atoms with van der Waals surface area (Å²) in [6, 6.07) is 13.0. The molecule has 1 amide bonds. The van der Waals surface area contributed by atoms with Crippen molar-refractivity contribution in [2.45, 2.75) is 39.0 Å². The molecule has 8 heteroatoms. The van der Waals surface area contributed by atoms with Crippen LogP contribution in [0.15, 0.2) is 69.6 Å². The Labute approximate surface area is 218 Å². The maximum absolute atomic E-state index is 14.2. The number of hydrogen-bond acceptors (Lipinski definition) is 6. The number of benzene rings is 2. The van der Waals surface area contributed by atoms with Crippen LogP contribution < -0.4 is 15.5 Å². The van der Waals surface area contributed by atoms with Crippen LogP contribution in [-0.4, -0.2) is 31.8 Å². The predicted molar refractivity (Wildman–Crippen MR) is 141 cm³/mol. The maximum Gasteiger partial charge on any atom is 0.339 e. The summed E-state index contributed by atoms with van der Waals surface area (Å²) < 4.78 is 6.11. The fourth-order valence-corrected chi connectivity index (χ4v) is 6.50. The van der Waals surface area contributed by atoms with E-state index < -0.39 is 11.4 Å². The van der Waals surface area contributed by atoms with Crippen molar-refractivity contribution >= 4 is 45.0 Å². The standard InChI is InChI=1S/C28H28BrN3O4/c1-15-12-16(29)10-11-18(15)32-20-13-27(2,3)14-21(33)22(20)28(23(24(32)30)25(34)36-5)17-8-6-7-9-19(17)31(4)26(28)35/h6-12H,13-14,30H2,1-5H3. The van der Waals surface area contributed by atoms with Crippen molar-refractivity contribution < 1.29 is 19.1 Å². The second-order valence-corrected chi connectivity index (χ2v) is 11.3. The minimum Gasteiger partial charge on any atom is -0.466 e. The predicted octanol–water partition coefficient (Wildman–Crippen LogP) is 4.48. The number of esters is 1. The first-order valence-electron chi connectivity index (χ1n) is 11.7. The molecule has 2 aromatic carbocycles. The van der Waals surface area contributed by atoms with Crippen molar-refractivity contribution in [3.8, 4) is 0 Å². The van der Waals surface area contributed by atoms with Gasteiger partial charge in [-0.05, 0) is 48.6 Å². The van der Waals surface area contributed by atoms with E-state index in [2.05, 4.69) is 15.9 Å². The molecule has 0 saturated heterocycles. The lowest BCUT2D eigenvalue weighted by Gasteiger charge is -2.47. The van der Waals surface area contributed by atoms with Gasteiger partial charge < -0.3 is 15.4 Å². The minimum atomic E-state index is -1.68. The van der Waals surface area contributed by atoms with Crippen LogP contribution >= 0.6 is 15.9 Å². The number of anilines is 2. The highest BCUT2D eigenvalue weighted by Crippen LogP contribution is 2.58. The number of Topliss-reactive ketones (excluding diaryl/α,β-unsaturated/α-hetero) is 1. The smallest absolute Gasteiger partial charge is 0.339 e. The van der Waals surface area contributed by atoms with Gasteiger partial charge in [-0.15, -0.1) is 0 Å². The van der Waals surface area contributed by atoms with Gasteiger partial charge >= 0.3 is 5.97 Å². The summed E-state index contributed by atoms with van der Waals surface area (Å²) in [6.07, 6.45) is 0.744. The second-order valence-electron chi connectivity index (χ2n) is 10.4. The molecular weight excluding hydrogens is 522 g/mol. The number of allylic oxidation sites excluding steroid dienone is 1. The van der Waals surface area contributed by atoms with Gasteiger partial charge in [-0.2, -0.15) is 0 Å². The third-order valence-electron chi connectivity index (χ3n) is 7.45. The topological polar surface area (TPSA) is 92.9 Å². The normalized spacial score (nSPS) is 22.8. The third kappa shape index (κ3) is 3.13. The number of likely N-dealkylation sites (N-methyl/N-ethyl adjacent to an activating group) is 1. The summed E-state index contributed by atoms with van der Waals surface area (Å²) in [7, 11) is 2.92. The molecule has 1 spiro atoms. The van der Waals surface area contributed by atoms with E-state index in [1.54, 1.807) is 24.1 Å². The highest BCUT2D eigenvalue weighted by Gasteiger charge is 2.64. The van der Waals surface area contributed by atoms with Crippen molar-refractivity contribution in [2.75, 3.05) is 24.0 Å². The molecule has 36 heavy (non-hydrogen) atoms. The average molecular weight is 550 g/mol. The van der Waals surface area contributed by atoms with E-state index >= 15 is 0 Å². The first-order chi connectivity index (χ1) is 17.0. The Balaban J connectivity index is 1.96. The van der Waals surface area contributed by atoms with Gasteiger partial charge in [0, 0.05) is 40.5 Å². The van der Waals surface area contributed by atoms with Crippen LogP contribution in [0, 0.1) is 12.3 Å². The first-order valence-corrected chi connectivity index (χ1v) is 12.5. The van der Waals surface area contributed by atoms with Gasteiger partial charge in [0.05, 0.1) is 12.8 Å². The Bertz CT molecular complexity index is 1420. The quantitative estimate of drug-likeness (QED) is 0.555. The van der Waals surface area contributed by atoms with Crippen LogP contribution in [-0.2, 0) is 24.5 Å². The molecule has 186 valence electrons. The van der Waals surface area contributed by atoms with Crippen molar-refractivity contribution in [1.82, 2.24) is 0 Å². The fourth-order valence-electron chi connectivity index (χ4n) is 6.03. The van der Waals surface area contributed by atoms with Gasteiger partial charge in [-0.1, -0.05) is 48.0 Å². The highest BCUT2D eigenvalue weighted by molar-refractivity contribution is 9.10. The first kappa shape index (κ1) is 24.3. The number of nitrogens with two attached hydrogens (primary N) is 1. The Morgan fingerprint density at radius 1 is 1.08 bits per heavy atom. The molecular formula is C28H28BrN3O4.